The minimum atomic E-state index is -3.95. The van der Waals surface area contributed by atoms with Gasteiger partial charge in [0.1, 0.15) is 11.9 Å². The van der Waals surface area contributed by atoms with Gasteiger partial charge in [0.05, 0.1) is 11.4 Å². The maximum Gasteiger partial charge on any atom is 0.244 e. The highest BCUT2D eigenvalue weighted by Crippen LogP contribution is 2.22. The van der Waals surface area contributed by atoms with Crippen molar-refractivity contribution in [2.45, 2.75) is 10.9 Å². The number of sulfonamides is 1. The first-order chi connectivity index (χ1) is 13.0. The van der Waals surface area contributed by atoms with E-state index in [2.05, 4.69) is 0 Å². The number of likely N-dealkylation sites (N-methyl/N-ethyl adjacent to an activating group) is 2. The maximum atomic E-state index is 13.5. The molecule has 0 aromatic heterocycles. The van der Waals surface area contributed by atoms with Crippen LogP contribution in [0.25, 0.3) is 0 Å². The van der Waals surface area contributed by atoms with Gasteiger partial charge in [0.15, 0.2) is 0 Å². The summed E-state index contributed by atoms with van der Waals surface area (Å²) < 4.78 is 39.5. The third-order valence-corrected chi connectivity index (χ3v) is 6.16. The summed E-state index contributed by atoms with van der Waals surface area (Å²) in [6.45, 7) is -0.541. The third-order valence-electron chi connectivity index (χ3n) is 4.09. The largest absolute Gasteiger partial charge is 0.368 e. The van der Waals surface area contributed by atoms with Crippen LogP contribution in [0.5, 0.6) is 0 Å². The highest BCUT2D eigenvalue weighted by atomic mass is 35.5. The first-order valence-electron chi connectivity index (χ1n) is 8.06. The van der Waals surface area contributed by atoms with Crippen molar-refractivity contribution in [3.05, 3.63) is 64.9 Å². The van der Waals surface area contributed by atoms with Gasteiger partial charge in [-0.25, -0.2) is 12.8 Å². The molecule has 0 aliphatic heterocycles. The molecule has 1 unspecified atom stereocenters. The van der Waals surface area contributed by atoms with Crippen molar-refractivity contribution in [2.75, 3.05) is 20.6 Å². The number of carbonyl (C=O) groups excluding carboxylic acids is 2. The van der Waals surface area contributed by atoms with E-state index in [0.29, 0.717) is 5.02 Å². The predicted molar refractivity (Wildman–Crippen MR) is 102 cm³/mol. The summed E-state index contributed by atoms with van der Waals surface area (Å²) >= 11 is 5.76. The molecule has 0 fully saturated rings. The fourth-order valence-corrected chi connectivity index (χ4v) is 3.82. The van der Waals surface area contributed by atoms with Crippen LogP contribution in [0.1, 0.15) is 11.6 Å². The van der Waals surface area contributed by atoms with E-state index in [0.717, 1.165) is 15.3 Å². The number of carbonyl (C=O) groups is 2. The molecule has 2 rings (SSSR count). The lowest BCUT2D eigenvalue weighted by Crippen LogP contribution is -2.44. The molecular formula is C18H19ClFN3O4S. The smallest absolute Gasteiger partial charge is 0.244 e. The third kappa shape index (κ3) is 4.86. The number of hydrogen-bond donors (Lipinski definition) is 1. The minimum Gasteiger partial charge on any atom is -0.368 e. The minimum absolute atomic E-state index is 0.0357. The van der Waals surface area contributed by atoms with Gasteiger partial charge in [-0.2, -0.15) is 4.31 Å². The Hall–Kier alpha value is -2.49. The molecule has 0 spiro atoms. The van der Waals surface area contributed by atoms with Crippen LogP contribution in [0.4, 0.5) is 4.39 Å². The maximum absolute atomic E-state index is 13.5. The normalized spacial score (nSPS) is 12.6. The van der Waals surface area contributed by atoms with Crippen LogP contribution in [0.2, 0.25) is 5.02 Å². The van der Waals surface area contributed by atoms with Crippen molar-refractivity contribution in [1.82, 2.24) is 9.21 Å². The molecule has 2 N–H and O–H groups in total. The van der Waals surface area contributed by atoms with Crippen molar-refractivity contribution >= 4 is 33.4 Å². The first kappa shape index (κ1) is 21.8. The average molecular weight is 428 g/mol. The number of halogens is 2. The van der Waals surface area contributed by atoms with Crippen LogP contribution in [-0.2, 0) is 19.6 Å². The van der Waals surface area contributed by atoms with E-state index in [1.54, 1.807) is 0 Å². The second-order valence-corrected chi connectivity index (χ2v) is 8.56. The van der Waals surface area contributed by atoms with Crippen LogP contribution < -0.4 is 5.73 Å². The second kappa shape index (κ2) is 8.68. The molecule has 2 aromatic rings. The zero-order valence-corrected chi connectivity index (χ0v) is 16.7. The van der Waals surface area contributed by atoms with Crippen LogP contribution >= 0.6 is 11.6 Å². The fourth-order valence-electron chi connectivity index (χ4n) is 2.57. The summed E-state index contributed by atoms with van der Waals surface area (Å²) in [7, 11) is -1.42. The Morgan fingerprint density at radius 2 is 1.75 bits per heavy atom. The zero-order valence-electron chi connectivity index (χ0n) is 15.2. The van der Waals surface area contributed by atoms with E-state index < -0.39 is 40.2 Å². The van der Waals surface area contributed by atoms with E-state index in [9.17, 15) is 22.4 Å². The van der Waals surface area contributed by atoms with Gasteiger partial charge in [-0.15, -0.1) is 0 Å². The Labute approximate surface area is 167 Å². The topological polar surface area (TPSA) is 101 Å². The van der Waals surface area contributed by atoms with Gasteiger partial charge in [-0.05, 0) is 42.0 Å². The molecule has 1 atom stereocenters. The fraction of sp³-hybridized carbons (Fsp3) is 0.222. The van der Waals surface area contributed by atoms with Gasteiger partial charge in [0.25, 0.3) is 0 Å². The van der Waals surface area contributed by atoms with Crippen molar-refractivity contribution in [3.63, 3.8) is 0 Å². The van der Waals surface area contributed by atoms with Gasteiger partial charge in [-0.3, -0.25) is 9.59 Å². The first-order valence-corrected chi connectivity index (χ1v) is 9.88. The number of rotatable bonds is 7. The summed E-state index contributed by atoms with van der Waals surface area (Å²) in [5.41, 5.74) is 5.57. The Morgan fingerprint density at radius 3 is 2.29 bits per heavy atom. The number of benzene rings is 2. The molecule has 0 aliphatic rings. The van der Waals surface area contributed by atoms with Crippen molar-refractivity contribution < 1.29 is 22.4 Å². The molecule has 150 valence electrons. The summed E-state index contributed by atoms with van der Waals surface area (Å²) in [5.74, 6) is -2.15. The van der Waals surface area contributed by atoms with E-state index in [4.69, 9.17) is 17.3 Å². The SMILES string of the molecule is CN(C(=O)CN(C)S(=O)(=O)c1ccc(Cl)cc1)C(C(N)=O)c1cccc(F)c1. The second-order valence-electron chi connectivity index (χ2n) is 6.08. The van der Waals surface area contributed by atoms with Gasteiger partial charge < -0.3 is 10.6 Å². The van der Waals surface area contributed by atoms with E-state index in [1.165, 1.54) is 56.6 Å². The number of primary amides is 1. The molecule has 0 heterocycles. The molecule has 0 saturated heterocycles. The molecule has 0 bridgehead atoms. The summed E-state index contributed by atoms with van der Waals surface area (Å²) in [6.07, 6.45) is 0. The molecule has 2 amide bonds. The van der Waals surface area contributed by atoms with Gasteiger partial charge in [-0.1, -0.05) is 23.7 Å². The van der Waals surface area contributed by atoms with Crippen molar-refractivity contribution in [3.8, 4) is 0 Å². The number of amides is 2. The van der Waals surface area contributed by atoms with Crippen LogP contribution in [-0.4, -0.2) is 50.1 Å². The lowest BCUT2D eigenvalue weighted by molar-refractivity contribution is -0.138. The number of hydrogen-bond acceptors (Lipinski definition) is 4. The highest BCUT2D eigenvalue weighted by Gasteiger charge is 2.30. The Kier molecular flexibility index (Phi) is 6.76. The molecule has 0 aliphatic carbocycles. The lowest BCUT2D eigenvalue weighted by Gasteiger charge is -2.28. The quantitative estimate of drug-likeness (QED) is 0.727. The van der Waals surface area contributed by atoms with Crippen molar-refractivity contribution in [2.24, 2.45) is 5.73 Å². The Bertz CT molecular complexity index is 983. The molecule has 0 radical (unpaired) electrons. The molecule has 7 nitrogen and oxygen atoms in total. The van der Waals surface area contributed by atoms with Gasteiger partial charge in [0, 0.05) is 19.1 Å². The van der Waals surface area contributed by atoms with Crippen LogP contribution in [0.3, 0.4) is 0 Å². The molecule has 2 aromatic carbocycles. The summed E-state index contributed by atoms with van der Waals surface area (Å²) in [5, 5.41) is 0.372. The molecular weight excluding hydrogens is 409 g/mol. The monoisotopic (exact) mass is 427 g/mol. The number of nitrogens with two attached hydrogens (primary N) is 1. The van der Waals surface area contributed by atoms with Crippen molar-refractivity contribution in [1.29, 1.82) is 0 Å². The lowest BCUT2D eigenvalue weighted by atomic mass is 10.0. The zero-order chi connectivity index (χ0) is 21.1. The molecule has 10 heteroatoms. The average Bonchev–Trinajstić information content (AvgIpc) is 2.61. The Balaban J connectivity index is 2.21. The van der Waals surface area contributed by atoms with Gasteiger partial charge in [0.2, 0.25) is 21.8 Å². The summed E-state index contributed by atoms with van der Waals surface area (Å²) in [6, 6.07) is 9.36. The summed E-state index contributed by atoms with van der Waals surface area (Å²) in [4.78, 5) is 25.4. The molecule has 28 heavy (non-hydrogen) atoms. The number of nitrogens with zero attached hydrogens (tertiary/aromatic N) is 2. The highest BCUT2D eigenvalue weighted by molar-refractivity contribution is 7.89. The Morgan fingerprint density at radius 1 is 1.14 bits per heavy atom. The van der Waals surface area contributed by atoms with Crippen LogP contribution in [0.15, 0.2) is 53.4 Å². The standard InChI is InChI=1S/C18H19ClFN3O4S/c1-22(28(26,27)15-8-6-13(19)7-9-15)11-16(24)23(2)17(18(21)25)12-4-3-5-14(20)10-12/h3-10,17H,11H2,1-2H3,(H2,21,25). The van der Waals surface area contributed by atoms with Crippen LogP contribution in [0, 0.1) is 5.82 Å². The van der Waals surface area contributed by atoms with E-state index in [1.807, 2.05) is 0 Å². The van der Waals surface area contributed by atoms with E-state index >= 15 is 0 Å². The molecule has 0 saturated carbocycles. The van der Waals surface area contributed by atoms with Gasteiger partial charge >= 0.3 is 0 Å². The predicted octanol–water partition coefficient (Wildman–Crippen LogP) is 1.78. The van der Waals surface area contributed by atoms with E-state index in [-0.39, 0.29) is 10.5 Å².